The van der Waals surface area contributed by atoms with Gasteiger partial charge in [0.25, 0.3) is 0 Å². The molecule has 0 aliphatic heterocycles. The van der Waals surface area contributed by atoms with Gasteiger partial charge in [-0.3, -0.25) is 10.1 Å². The lowest BCUT2D eigenvalue weighted by atomic mass is 10.1. The zero-order valence-corrected chi connectivity index (χ0v) is 9.48. The second-order valence-corrected chi connectivity index (χ2v) is 3.68. The summed E-state index contributed by atoms with van der Waals surface area (Å²) in [5.41, 5.74) is 0.441. The number of halogens is 1. The van der Waals surface area contributed by atoms with E-state index in [0.29, 0.717) is 5.56 Å². The molecule has 0 bridgehead atoms. The normalized spacial score (nSPS) is 10.7. The smallest absolute Gasteiger partial charge is 0.311 e. The molecule has 0 aromatic heterocycles. The van der Waals surface area contributed by atoms with Gasteiger partial charge in [0.15, 0.2) is 5.75 Å². The lowest BCUT2D eigenvalue weighted by Gasteiger charge is -1.97. The molecule has 0 saturated carbocycles. The predicted octanol–water partition coefficient (Wildman–Crippen LogP) is 3.10. The van der Waals surface area contributed by atoms with Crippen molar-refractivity contribution >= 4 is 27.7 Å². The largest absolute Gasteiger partial charge is 0.502 e. The van der Waals surface area contributed by atoms with E-state index in [-0.39, 0.29) is 11.4 Å². The molecule has 0 aliphatic rings. The van der Waals surface area contributed by atoms with Crippen LogP contribution in [0.5, 0.6) is 5.75 Å². The number of nitrogens with zero attached hydrogens (tertiary/aromatic N) is 1. The Morgan fingerprint density at radius 3 is 2.87 bits per heavy atom. The van der Waals surface area contributed by atoms with Crippen LogP contribution in [0.3, 0.4) is 0 Å². The number of benzene rings is 1. The average molecular weight is 272 g/mol. The molecule has 80 valence electrons. The minimum Gasteiger partial charge on any atom is -0.502 e. The summed E-state index contributed by atoms with van der Waals surface area (Å²) >= 11 is 3.27. The topological polar surface area (TPSA) is 63.4 Å². The highest BCUT2D eigenvalue weighted by molar-refractivity contribution is 9.09. The highest BCUT2D eigenvalue weighted by atomic mass is 79.9. The molecular formula is C10H10BrNO3. The van der Waals surface area contributed by atoms with Crippen LogP contribution in [0.1, 0.15) is 12.0 Å². The molecule has 0 fully saturated rings. The van der Waals surface area contributed by atoms with Crippen molar-refractivity contribution in [1.29, 1.82) is 0 Å². The summed E-state index contributed by atoms with van der Waals surface area (Å²) in [6.07, 6.45) is 4.55. The molecule has 0 aliphatic carbocycles. The SMILES string of the molecule is O=[N+]([O-])c1cc(C=CCCBr)ccc1O. The molecule has 1 aromatic rings. The molecular weight excluding hydrogens is 262 g/mol. The first kappa shape index (κ1) is 11.7. The zero-order chi connectivity index (χ0) is 11.3. The van der Waals surface area contributed by atoms with Crippen LogP contribution >= 0.6 is 15.9 Å². The lowest BCUT2D eigenvalue weighted by Crippen LogP contribution is -1.88. The first-order chi connectivity index (χ1) is 7.15. The summed E-state index contributed by atoms with van der Waals surface area (Å²) < 4.78 is 0. The lowest BCUT2D eigenvalue weighted by molar-refractivity contribution is -0.385. The maximum absolute atomic E-state index is 10.5. The van der Waals surface area contributed by atoms with E-state index in [2.05, 4.69) is 15.9 Å². The van der Waals surface area contributed by atoms with E-state index in [9.17, 15) is 15.2 Å². The fourth-order valence-corrected chi connectivity index (χ4v) is 1.34. The molecule has 4 nitrogen and oxygen atoms in total. The van der Waals surface area contributed by atoms with E-state index in [4.69, 9.17) is 0 Å². The predicted molar refractivity (Wildman–Crippen MR) is 62.2 cm³/mol. The van der Waals surface area contributed by atoms with Gasteiger partial charge in [0.1, 0.15) is 0 Å². The van der Waals surface area contributed by atoms with Gasteiger partial charge >= 0.3 is 5.69 Å². The molecule has 0 spiro atoms. The number of rotatable bonds is 4. The van der Waals surface area contributed by atoms with Crippen molar-refractivity contribution < 1.29 is 10.0 Å². The van der Waals surface area contributed by atoms with Crippen LogP contribution in [-0.4, -0.2) is 15.4 Å². The van der Waals surface area contributed by atoms with E-state index in [0.717, 1.165) is 11.8 Å². The molecule has 0 saturated heterocycles. The van der Waals surface area contributed by atoms with Gasteiger partial charge in [0, 0.05) is 11.4 Å². The Hall–Kier alpha value is -1.36. The summed E-state index contributed by atoms with van der Waals surface area (Å²) in [5, 5.41) is 20.6. The molecule has 0 radical (unpaired) electrons. The molecule has 1 aromatic carbocycles. The zero-order valence-electron chi connectivity index (χ0n) is 7.89. The third-order valence-electron chi connectivity index (χ3n) is 1.78. The Labute approximate surface area is 95.5 Å². The van der Waals surface area contributed by atoms with E-state index < -0.39 is 4.92 Å². The van der Waals surface area contributed by atoms with Crippen LogP contribution in [0, 0.1) is 10.1 Å². The first-order valence-corrected chi connectivity index (χ1v) is 5.47. The summed E-state index contributed by atoms with van der Waals surface area (Å²) in [7, 11) is 0. The van der Waals surface area contributed by atoms with E-state index in [1.807, 2.05) is 6.08 Å². The summed E-state index contributed by atoms with van der Waals surface area (Å²) in [5.74, 6) is -0.308. The maximum Gasteiger partial charge on any atom is 0.311 e. The van der Waals surface area contributed by atoms with E-state index in [1.165, 1.54) is 12.1 Å². The summed E-state index contributed by atoms with van der Waals surface area (Å²) in [6, 6.07) is 4.30. The van der Waals surface area contributed by atoms with Crippen molar-refractivity contribution in [3.8, 4) is 5.75 Å². The van der Waals surface area contributed by atoms with Crippen LogP contribution in [0.15, 0.2) is 24.3 Å². The number of allylic oxidation sites excluding steroid dienone is 1. The number of alkyl halides is 1. The summed E-state index contributed by atoms with van der Waals surface area (Å²) in [4.78, 5) is 9.92. The Morgan fingerprint density at radius 2 is 2.27 bits per heavy atom. The van der Waals surface area contributed by atoms with Crippen molar-refractivity contribution in [1.82, 2.24) is 0 Å². The highest BCUT2D eigenvalue weighted by Gasteiger charge is 2.12. The van der Waals surface area contributed by atoms with Gasteiger partial charge in [-0.1, -0.05) is 34.1 Å². The molecule has 0 unspecified atom stereocenters. The molecule has 0 atom stereocenters. The Balaban J connectivity index is 2.92. The first-order valence-electron chi connectivity index (χ1n) is 4.35. The van der Waals surface area contributed by atoms with Gasteiger partial charge in [0.2, 0.25) is 0 Å². The minimum atomic E-state index is -0.600. The van der Waals surface area contributed by atoms with Gasteiger partial charge in [-0.15, -0.1) is 0 Å². The molecule has 0 heterocycles. The molecule has 1 N–H and O–H groups in total. The van der Waals surface area contributed by atoms with Gasteiger partial charge in [0.05, 0.1) is 4.92 Å². The van der Waals surface area contributed by atoms with Crippen LogP contribution in [0.4, 0.5) is 5.69 Å². The van der Waals surface area contributed by atoms with Crippen LogP contribution < -0.4 is 0 Å². The van der Waals surface area contributed by atoms with Crippen LogP contribution in [0.25, 0.3) is 6.08 Å². The fourth-order valence-electron chi connectivity index (χ4n) is 1.07. The second kappa shape index (κ2) is 5.50. The number of phenols is 1. The highest BCUT2D eigenvalue weighted by Crippen LogP contribution is 2.26. The second-order valence-electron chi connectivity index (χ2n) is 2.89. The number of nitro groups is 1. The van der Waals surface area contributed by atoms with E-state index in [1.54, 1.807) is 12.1 Å². The minimum absolute atomic E-state index is 0.268. The quantitative estimate of drug-likeness (QED) is 0.520. The van der Waals surface area contributed by atoms with Crippen molar-refractivity contribution in [3.05, 3.63) is 40.0 Å². The number of phenolic OH excluding ortho intramolecular Hbond substituents is 1. The van der Waals surface area contributed by atoms with Crippen molar-refractivity contribution in [2.75, 3.05) is 5.33 Å². The monoisotopic (exact) mass is 271 g/mol. The maximum atomic E-state index is 10.5. The number of hydrogen-bond acceptors (Lipinski definition) is 3. The van der Waals surface area contributed by atoms with Crippen molar-refractivity contribution in [2.24, 2.45) is 0 Å². The van der Waals surface area contributed by atoms with Crippen LogP contribution in [0.2, 0.25) is 0 Å². The van der Waals surface area contributed by atoms with E-state index >= 15 is 0 Å². The fraction of sp³-hybridized carbons (Fsp3) is 0.200. The molecule has 1 rings (SSSR count). The molecule has 0 amide bonds. The van der Waals surface area contributed by atoms with Gasteiger partial charge in [-0.25, -0.2) is 0 Å². The number of nitro benzene ring substituents is 1. The third kappa shape index (κ3) is 3.36. The molecule has 15 heavy (non-hydrogen) atoms. The third-order valence-corrected chi connectivity index (χ3v) is 2.24. The average Bonchev–Trinajstić information content (AvgIpc) is 2.20. The van der Waals surface area contributed by atoms with Crippen molar-refractivity contribution in [3.63, 3.8) is 0 Å². The standard InChI is InChI=1S/C10H10BrNO3/c11-6-2-1-3-8-4-5-10(13)9(7-8)12(14)15/h1,3-5,7,13H,2,6H2. The van der Waals surface area contributed by atoms with Gasteiger partial charge in [-0.2, -0.15) is 0 Å². The number of aromatic hydroxyl groups is 1. The Morgan fingerprint density at radius 1 is 1.53 bits per heavy atom. The van der Waals surface area contributed by atoms with Gasteiger partial charge < -0.3 is 5.11 Å². The molecule has 5 heteroatoms. The van der Waals surface area contributed by atoms with Gasteiger partial charge in [-0.05, 0) is 18.1 Å². The summed E-state index contributed by atoms with van der Waals surface area (Å²) in [6.45, 7) is 0. The van der Waals surface area contributed by atoms with Crippen molar-refractivity contribution in [2.45, 2.75) is 6.42 Å². The Kier molecular flexibility index (Phi) is 4.30. The van der Waals surface area contributed by atoms with Crippen LogP contribution in [-0.2, 0) is 0 Å². The Bertz CT molecular complexity index is 390. The number of hydrogen-bond donors (Lipinski definition) is 1.